The lowest BCUT2D eigenvalue weighted by Crippen LogP contribution is -2.59. The molecule has 298 valence electrons. The number of nitrogens with one attached hydrogen (secondary N) is 3. The summed E-state index contributed by atoms with van der Waals surface area (Å²) in [4.78, 5) is 71.5. The van der Waals surface area contributed by atoms with Gasteiger partial charge in [-0.2, -0.15) is 0 Å². The number of ether oxygens (including phenoxy) is 3. The van der Waals surface area contributed by atoms with E-state index in [2.05, 4.69) is 15.4 Å². The molecule has 3 aliphatic heterocycles. The van der Waals surface area contributed by atoms with Crippen molar-refractivity contribution in [1.82, 2.24) is 25.2 Å². The van der Waals surface area contributed by atoms with E-state index in [0.29, 0.717) is 36.8 Å². The zero-order chi connectivity index (χ0) is 39.1. The number of hydrogen-bond donors (Lipinski definition) is 3. The van der Waals surface area contributed by atoms with Crippen LogP contribution in [0.4, 0.5) is 14.0 Å². The van der Waals surface area contributed by atoms with Crippen LogP contribution in [0.3, 0.4) is 0 Å². The van der Waals surface area contributed by atoms with Crippen molar-refractivity contribution in [2.24, 2.45) is 5.92 Å². The Morgan fingerprint density at radius 2 is 1.74 bits per heavy atom. The minimum atomic E-state index is -4.14. The second-order valence-electron chi connectivity index (χ2n) is 16.4. The molecule has 0 unspecified atom stereocenters. The summed E-state index contributed by atoms with van der Waals surface area (Å²) in [5, 5.41) is 5.53. The van der Waals surface area contributed by atoms with Crippen LogP contribution in [-0.4, -0.2) is 102 Å². The normalized spacial score (nSPS) is 28.3. The van der Waals surface area contributed by atoms with Gasteiger partial charge in [-0.3, -0.25) is 24.0 Å². The average molecular weight is 778 g/mol. The monoisotopic (exact) mass is 777 g/mol. The number of carbonyl (C=O) groups excluding carboxylic acids is 5. The van der Waals surface area contributed by atoms with Crippen LogP contribution in [0.25, 0.3) is 0 Å². The van der Waals surface area contributed by atoms with Gasteiger partial charge in [0.05, 0.1) is 19.7 Å². The van der Waals surface area contributed by atoms with Crippen LogP contribution in [0.5, 0.6) is 0 Å². The predicted molar refractivity (Wildman–Crippen MR) is 191 cm³/mol. The van der Waals surface area contributed by atoms with E-state index in [1.54, 1.807) is 32.9 Å². The summed E-state index contributed by atoms with van der Waals surface area (Å²) in [6.07, 6.45) is 2.83. The summed E-state index contributed by atoms with van der Waals surface area (Å²) in [5.74, 6) is -2.91. The maximum Gasteiger partial charge on any atom is 0.410 e. The Morgan fingerprint density at radius 3 is 2.41 bits per heavy atom. The zero-order valence-corrected chi connectivity index (χ0v) is 32.2. The molecule has 0 radical (unpaired) electrons. The van der Waals surface area contributed by atoms with Crippen LogP contribution in [0.15, 0.2) is 18.2 Å². The standard InChI is InChI=1S/C37H52FN5O10S/c1-35(2,3)53-33(47)39-28-14-9-7-5-6-8-12-24-18-37(24,32(46)41-54(49,50)36(15-16-36)22-51-4)40-30(44)29-17-25(20-43(29)31(28)45)52-34(48)42-19-23-11-10-13-27(38)26(23)21-42/h10-11,13,24-25,28-29H,5-9,12,14-22H2,1-4H3,(H,39,47)(H,40,44)(H,41,46)/t24-,25+,28-,29-,37+/m0/s1. The van der Waals surface area contributed by atoms with Crippen LogP contribution in [0.2, 0.25) is 0 Å². The van der Waals surface area contributed by atoms with Crippen molar-refractivity contribution in [3.8, 4) is 0 Å². The van der Waals surface area contributed by atoms with Crippen molar-refractivity contribution >= 4 is 39.9 Å². The Balaban J connectivity index is 1.25. The summed E-state index contributed by atoms with van der Waals surface area (Å²) in [7, 11) is -2.75. The first kappa shape index (κ1) is 39.7. The number of halogens is 1. The minimum Gasteiger partial charge on any atom is -0.444 e. The number of fused-ring (bicyclic) bond motifs is 3. The highest BCUT2D eigenvalue weighted by Crippen LogP contribution is 2.49. The summed E-state index contributed by atoms with van der Waals surface area (Å²) < 4.78 is 58.7. The quantitative estimate of drug-likeness (QED) is 0.370. The molecule has 2 aliphatic carbocycles. The molecule has 17 heteroatoms. The van der Waals surface area contributed by atoms with E-state index in [-0.39, 0.29) is 51.4 Å². The average Bonchev–Trinajstić information content (AvgIpc) is 3.91. The molecule has 1 aromatic rings. The highest BCUT2D eigenvalue weighted by molar-refractivity contribution is 7.91. The Labute approximate surface area is 315 Å². The van der Waals surface area contributed by atoms with Gasteiger partial charge >= 0.3 is 12.2 Å². The van der Waals surface area contributed by atoms with Crippen molar-refractivity contribution in [2.75, 3.05) is 20.3 Å². The van der Waals surface area contributed by atoms with E-state index in [0.717, 1.165) is 25.7 Å². The summed E-state index contributed by atoms with van der Waals surface area (Å²) in [6.45, 7) is 4.94. The van der Waals surface area contributed by atoms with Crippen molar-refractivity contribution in [1.29, 1.82) is 0 Å². The predicted octanol–water partition coefficient (Wildman–Crippen LogP) is 3.38. The minimum absolute atomic E-state index is 0.00437. The number of rotatable bonds is 7. The van der Waals surface area contributed by atoms with Crippen molar-refractivity contribution < 1.29 is 51.0 Å². The number of methoxy groups -OCH3 is 1. The number of amides is 5. The molecular formula is C37H52FN5O10S. The second kappa shape index (κ2) is 15.3. The largest absolute Gasteiger partial charge is 0.444 e. The summed E-state index contributed by atoms with van der Waals surface area (Å²) in [6, 6.07) is 2.30. The maximum atomic E-state index is 14.4. The zero-order valence-electron chi connectivity index (χ0n) is 31.4. The Hall–Kier alpha value is -3.99. The Bertz CT molecular complexity index is 1760. The lowest BCUT2D eigenvalue weighted by molar-refractivity contribution is -0.141. The van der Waals surface area contributed by atoms with Crippen molar-refractivity contribution in [3.63, 3.8) is 0 Å². The van der Waals surface area contributed by atoms with Gasteiger partial charge in [0.2, 0.25) is 21.8 Å². The number of hydrogen-bond acceptors (Lipinski definition) is 10. The van der Waals surface area contributed by atoms with E-state index in [9.17, 15) is 36.8 Å². The number of carbonyl (C=O) groups is 5. The Morgan fingerprint density at radius 1 is 1.04 bits per heavy atom. The smallest absolute Gasteiger partial charge is 0.410 e. The molecule has 2 saturated heterocycles. The molecule has 5 atom stereocenters. The van der Waals surface area contributed by atoms with Crippen molar-refractivity contribution in [3.05, 3.63) is 35.1 Å². The van der Waals surface area contributed by atoms with E-state index in [1.807, 2.05) is 0 Å². The van der Waals surface area contributed by atoms with Gasteiger partial charge in [-0.05, 0) is 70.4 Å². The lowest BCUT2D eigenvalue weighted by atomic mass is 10.0. The molecule has 6 rings (SSSR count). The first-order valence-corrected chi connectivity index (χ1v) is 20.4. The number of sulfonamides is 1. The van der Waals surface area contributed by atoms with Gasteiger partial charge < -0.3 is 29.7 Å². The first-order valence-electron chi connectivity index (χ1n) is 18.9. The van der Waals surface area contributed by atoms with Crippen LogP contribution in [-0.2, 0) is 51.7 Å². The van der Waals surface area contributed by atoms with Gasteiger partial charge in [0.1, 0.15) is 39.9 Å². The Kier molecular flexibility index (Phi) is 11.2. The van der Waals surface area contributed by atoms with Gasteiger partial charge in [0.15, 0.2) is 0 Å². The summed E-state index contributed by atoms with van der Waals surface area (Å²) >= 11 is 0. The molecule has 0 aromatic heterocycles. The van der Waals surface area contributed by atoms with E-state index in [1.165, 1.54) is 23.0 Å². The number of benzene rings is 1. The fourth-order valence-electron chi connectivity index (χ4n) is 7.96. The third-order valence-electron chi connectivity index (χ3n) is 11.2. The fraction of sp³-hybridized carbons (Fsp3) is 0.703. The highest BCUT2D eigenvalue weighted by atomic mass is 32.2. The van der Waals surface area contributed by atoms with Crippen LogP contribution in [0, 0.1) is 11.7 Å². The lowest BCUT2D eigenvalue weighted by Gasteiger charge is -2.30. The second-order valence-corrected chi connectivity index (χ2v) is 18.5. The molecule has 15 nitrogen and oxygen atoms in total. The molecule has 0 spiro atoms. The SMILES string of the molecule is COCC1(S(=O)(=O)NC(=O)[C@@]23C[C@@H]2CCCCCCC[C@H](NC(=O)OC(C)(C)C)C(=O)N2C[C@H](OC(=O)N4Cc5cccc(F)c5C4)C[C@H]2C(=O)N3)CC1. The van der Waals surface area contributed by atoms with Gasteiger partial charge in [-0.15, -0.1) is 0 Å². The summed E-state index contributed by atoms with van der Waals surface area (Å²) in [5.41, 5.74) is -1.34. The third kappa shape index (κ3) is 8.46. The number of nitrogens with zero attached hydrogens (tertiary/aromatic N) is 2. The third-order valence-corrected chi connectivity index (χ3v) is 13.3. The molecule has 2 saturated carbocycles. The molecular weight excluding hydrogens is 725 g/mol. The fourth-order valence-corrected chi connectivity index (χ4v) is 9.52. The van der Waals surface area contributed by atoms with Gasteiger partial charge in [0.25, 0.3) is 5.91 Å². The van der Waals surface area contributed by atoms with Crippen LogP contribution < -0.4 is 15.4 Å². The molecule has 3 N–H and O–H groups in total. The molecule has 5 aliphatic rings. The highest BCUT2D eigenvalue weighted by Gasteiger charge is 2.64. The van der Waals surface area contributed by atoms with Crippen LogP contribution >= 0.6 is 0 Å². The molecule has 0 bridgehead atoms. The maximum absolute atomic E-state index is 14.4. The van der Waals surface area contributed by atoms with Crippen molar-refractivity contribution in [2.45, 2.75) is 139 Å². The molecule has 1 aromatic carbocycles. The topological polar surface area (TPSA) is 190 Å². The van der Waals surface area contributed by atoms with Crippen LogP contribution in [0.1, 0.15) is 103 Å². The van der Waals surface area contributed by atoms with Gasteiger partial charge in [0, 0.05) is 25.6 Å². The number of alkyl carbamates (subject to hydrolysis) is 1. The molecule has 54 heavy (non-hydrogen) atoms. The van der Waals surface area contributed by atoms with Gasteiger partial charge in [-0.1, -0.05) is 44.2 Å². The van der Waals surface area contributed by atoms with E-state index >= 15 is 0 Å². The molecule has 4 fully saturated rings. The molecule has 3 heterocycles. The molecule has 5 amide bonds. The van der Waals surface area contributed by atoms with E-state index in [4.69, 9.17) is 14.2 Å². The van der Waals surface area contributed by atoms with Gasteiger partial charge in [-0.25, -0.2) is 22.4 Å². The van der Waals surface area contributed by atoms with E-state index < -0.39 is 79.8 Å². The first-order chi connectivity index (χ1) is 25.5.